The molecule has 5 heteroatoms. The maximum absolute atomic E-state index is 13.4. The summed E-state index contributed by atoms with van der Waals surface area (Å²) in [6.45, 7) is 3.08. The molecule has 1 aromatic rings. The second-order valence-corrected chi connectivity index (χ2v) is 6.09. The SMILES string of the molecule is CCCC(=O)NC[C@@H](Cc1cccc(F)c1)N1CCCCC1=O. The number of carbonyl (C=O) groups excluding carboxylic acids is 2. The van der Waals surface area contributed by atoms with E-state index < -0.39 is 0 Å². The van der Waals surface area contributed by atoms with Crippen LogP contribution < -0.4 is 5.32 Å². The molecule has 0 aromatic heterocycles. The summed E-state index contributed by atoms with van der Waals surface area (Å²) in [7, 11) is 0. The zero-order valence-electron chi connectivity index (χ0n) is 13.7. The second kappa shape index (κ2) is 8.65. The lowest BCUT2D eigenvalue weighted by Gasteiger charge is -2.35. The first kappa shape index (κ1) is 17.4. The lowest BCUT2D eigenvalue weighted by Crippen LogP contribution is -2.49. The smallest absolute Gasteiger partial charge is 0.222 e. The fraction of sp³-hybridized carbons (Fsp3) is 0.556. The van der Waals surface area contributed by atoms with Crippen LogP contribution in [0.2, 0.25) is 0 Å². The van der Waals surface area contributed by atoms with Crippen LogP contribution in [0.4, 0.5) is 4.39 Å². The van der Waals surface area contributed by atoms with Crippen LogP contribution in [0.3, 0.4) is 0 Å². The van der Waals surface area contributed by atoms with Gasteiger partial charge in [-0.1, -0.05) is 19.1 Å². The highest BCUT2D eigenvalue weighted by Gasteiger charge is 2.26. The van der Waals surface area contributed by atoms with Crippen LogP contribution in [0.1, 0.15) is 44.6 Å². The van der Waals surface area contributed by atoms with Gasteiger partial charge in [0.25, 0.3) is 0 Å². The van der Waals surface area contributed by atoms with Crippen molar-refractivity contribution in [1.82, 2.24) is 10.2 Å². The van der Waals surface area contributed by atoms with Crippen molar-refractivity contribution in [2.75, 3.05) is 13.1 Å². The van der Waals surface area contributed by atoms with Crippen LogP contribution in [0.5, 0.6) is 0 Å². The van der Waals surface area contributed by atoms with Gasteiger partial charge in [0, 0.05) is 25.9 Å². The summed E-state index contributed by atoms with van der Waals surface area (Å²) in [6.07, 6.45) is 4.29. The standard InChI is InChI=1S/C18H25FN2O2/c1-2-6-17(22)20-13-16(21-10-4-3-9-18(21)23)12-14-7-5-8-15(19)11-14/h5,7-8,11,16H,2-4,6,9-10,12-13H2,1H3,(H,20,22)/t16-/m1/s1. The van der Waals surface area contributed by atoms with Gasteiger partial charge in [-0.15, -0.1) is 0 Å². The third-order valence-corrected chi connectivity index (χ3v) is 4.17. The van der Waals surface area contributed by atoms with E-state index in [2.05, 4.69) is 5.32 Å². The fourth-order valence-electron chi connectivity index (χ4n) is 2.99. The van der Waals surface area contributed by atoms with Gasteiger partial charge in [0.05, 0.1) is 6.04 Å². The molecule has 4 nitrogen and oxygen atoms in total. The van der Waals surface area contributed by atoms with E-state index in [4.69, 9.17) is 0 Å². The number of nitrogens with zero attached hydrogens (tertiary/aromatic N) is 1. The molecule has 0 radical (unpaired) electrons. The summed E-state index contributed by atoms with van der Waals surface area (Å²) in [5, 5.41) is 2.91. The fourth-order valence-corrected chi connectivity index (χ4v) is 2.99. The van der Waals surface area contributed by atoms with E-state index in [1.807, 2.05) is 17.9 Å². The Morgan fingerprint density at radius 2 is 2.22 bits per heavy atom. The van der Waals surface area contributed by atoms with Gasteiger partial charge in [0.1, 0.15) is 5.82 Å². The number of halogens is 1. The van der Waals surface area contributed by atoms with Gasteiger partial charge >= 0.3 is 0 Å². The highest BCUT2D eigenvalue weighted by Crippen LogP contribution is 2.17. The molecule has 1 aromatic carbocycles. The molecule has 0 spiro atoms. The molecule has 23 heavy (non-hydrogen) atoms. The van der Waals surface area contributed by atoms with Crippen LogP contribution in [0.15, 0.2) is 24.3 Å². The van der Waals surface area contributed by atoms with Crippen LogP contribution in [-0.2, 0) is 16.0 Å². The number of hydrogen-bond acceptors (Lipinski definition) is 2. The Kier molecular flexibility index (Phi) is 6.56. The Labute approximate surface area is 137 Å². The Morgan fingerprint density at radius 3 is 2.91 bits per heavy atom. The van der Waals surface area contributed by atoms with E-state index in [0.29, 0.717) is 32.4 Å². The van der Waals surface area contributed by atoms with E-state index in [-0.39, 0.29) is 23.7 Å². The first-order valence-corrected chi connectivity index (χ1v) is 8.40. The summed E-state index contributed by atoms with van der Waals surface area (Å²) in [4.78, 5) is 25.8. The second-order valence-electron chi connectivity index (χ2n) is 6.09. The zero-order valence-corrected chi connectivity index (χ0v) is 13.7. The first-order chi connectivity index (χ1) is 11.1. The average Bonchev–Trinajstić information content (AvgIpc) is 2.52. The van der Waals surface area contributed by atoms with Crippen molar-refractivity contribution in [3.05, 3.63) is 35.6 Å². The molecule has 1 saturated heterocycles. The minimum Gasteiger partial charge on any atom is -0.354 e. The lowest BCUT2D eigenvalue weighted by atomic mass is 10.0. The third-order valence-electron chi connectivity index (χ3n) is 4.17. The van der Waals surface area contributed by atoms with Gasteiger partial charge in [0.15, 0.2) is 0 Å². The van der Waals surface area contributed by atoms with Crippen molar-refractivity contribution < 1.29 is 14.0 Å². The minimum absolute atomic E-state index is 0.00111. The predicted octanol–water partition coefficient (Wildman–Crippen LogP) is 2.67. The molecule has 0 bridgehead atoms. The molecule has 1 N–H and O–H groups in total. The Bertz CT molecular complexity index is 548. The van der Waals surface area contributed by atoms with Crippen LogP contribution in [0.25, 0.3) is 0 Å². The number of piperidine rings is 1. The van der Waals surface area contributed by atoms with Crippen molar-refractivity contribution in [2.24, 2.45) is 0 Å². The van der Waals surface area contributed by atoms with E-state index in [1.54, 1.807) is 6.07 Å². The third kappa shape index (κ3) is 5.34. The summed E-state index contributed by atoms with van der Waals surface area (Å²) in [5.74, 6) is -0.148. The van der Waals surface area contributed by atoms with E-state index in [0.717, 1.165) is 24.8 Å². The van der Waals surface area contributed by atoms with Gasteiger partial charge < -0.3 is 10.2 Å². The van der Waals surface area contributed by atoms with Gasteiger partial charge in [-0.25, -0.2) is 4.39 Å². The Hall–Kier alpha value is -1.91. The molecular formula is C18H25FN2O2. The molecule has 2 rings (SSSR count). The van der Waals surface area contributed by atoms with Gasteiger partial charge in [-0.3, -0.25) is 9.59 Å². The number of likely N-dealkylation sites (tertiary alicyclic amines) is 1. The molecular weight excluding hydrogens is 295 g/mol. The highest BCUT2D eigenvalue weighted by atomic mass is 19.1. The van der Waals surface area contributed by atoms with Gasteiger partial charge in [-0.2, -0.15) is 0 Å². The molecule has 0 saturated carbocycles. The quantitative estimate of drug-likeness (QED) is 0.840. The van der Waals surface area contributed by atoms with Crippen LogP contribution in [-0.4, -0.2) is 35.8 Å². The highest BCUT2D eigenvalue weighted by molar-refractivity contribution is 5.78. The molecule has 1 heterocycles. The summed E-state index contributed by atoms with van der Waals surface area (Å²) >= 11 is 0. The van der Waals surface area contributed by atoms with Crippen LogP contribution >= 0.6 is 0 Å². The lowest BCUT2D eigenvalue weighted by molar-refractivity contribution is -0.136. The molecule has 1 atom stereocenters. The number of amides is 2. The molecule has 1 fully saturated rings. The van der Waals surface area contributed by atoms with E-state index >= 15 is 0 Å². The predicted molar refractivity (Wildman–Crippen MR) is 87.4 cm³/mol. The maximum Gasteiger partial charge on any atom is 0.222 e. The van der Waals surface area contributed by atoms with Crippen molar-refractivity contribution >= 4 is 11.8 Å². The topological polar surface area (TPSA) is 49.4 Å². The largest absolute Gasteiger partial charge is 0.354 e. The van der Waals surface area contributed by atoms with Gasteiger partial charge in [-0.05, 0) is 43.4 Å². The molecule has 0 aliphatic carbocycles. The summed E-state index contributed by atoms with van der Waals surface area (Å²) in [6, 6.07) is 6.32. The van der Waals surface area contributed by atoms with Crippen LogP contribution in [0, 0.1) is 5.82 Å². The first-order valence-electron chi connectivity index (χ1n) is 8.40. The summed E-state index contributed by atoms with van der Waals surface area (Å²) < 4.78 is 13.4. The molecule has 1 aliphatic heterocycles. The Balaban J connectivity index is 2.06. The number of benzene rings is 1. The molecule has 1 aliphatic rings. The van der Waals surface area contributed by atoms with Crippen molar-refractivity contribution in [3.63, 3.8) is 0 Å². The average molecular weight is 320 g/mol. The number of nitrogens with one attached hydrogen (secondary N) is 1. The van der Waals surface area contributed by atoms with Gasteiger partial charge in [0.2, 0.25) is 11.8 Å². The van der Waals surface area contributed by atoms with Crippen molar-refractivity contribution in [2.45, 2.75) is 51.5 Å². The minimum atomic E-state index is -0.277. The van der Waals surface area contributed by atoms with Crippen molar-refractivity contribution in [1.29, 1.82) is 0 Å². The normalized spacial score (nSPS) is 16.3. The monoisotopic (exact) mass is 320 g/mol. The number of carbonyl (C=O) groups is 2. The maximum atomic E-state index is 13.4. The summed E-state index contributed by atoms with van der Waals surface area (Å²) in [5.41, 5.74) is 0.845. The van der Waals surface area contributed by atoms with Crippen molar-refractivity contribution in [3.8, 4) is 0 Å². The number of hydrogen-bond donors (Lipinski definition) is 1. The van der Waals surface area contributed by atoms with E-state index in [1.165, 1.54) is 12.1 Å². The Morgan fingerprint density at radius 1 is 1.39 bits per heavy atom. The van der Waals surface area contributed by atoms with E-state index in [9.17, 15) is 14.0 Å². The molecule has 126 valence electrons. The molecule has 0 unspecified atom stereocenters. The molecule has 2 amide bonds. The zero-order chi connectivity index (χ0) is 16.7. The number of rotatable bonds is 7.